The lowest BCUT2D eigenvalue weighted by atomic mass is 10.1. The third-order valence-electron chi connectivity index (χ3n) is 3.81. The van der Waals surface area contributed by atoms with Gasteiger partial charge in [-0.05, 0) is 25.0 Å². The van der Waals surface area contributed by atoms with Crippen LogP contribution in [0.5, 0.6) is 0 Å². The van der Waals surface area contributed by atoms with Crippen molar-refractivity contribution in [3.05, 3.63) is 29.8 Å². The monoisotopic (exact) mass is 310 g/mol. The molecule has 1 aliphatic heterocycles. The molecule has 1 aliphatic rings. The first kappa shape index (κ1) is 15.1. The van der Waals surface area contributed by atoms with E-state index in [1.54, 1.807) is 24.3 Å². The van der Waals surface area contributed by atoms with Gasteiger partial charge in [0.05, 0.1) is 11.6 Å². The van der Waals surface area contributed by atoms with E-state index in [1.165, 1.54) is 0 Å². The van der Waals surface area contributed by atoms with E-state index in [-0.39, 0.29) is 12.0 Å². The van der Waals surface area contributed by atoms with E-state index in [0.29, 0.717) is 22.8 Å². The number of rotatable bonds is 3. The standard InChI is InChI=1S/C16H18N6O/c17-9-10-1-3-11(4-2-10)14-13(18)15(22-16(19)21-14)20-12-5-7-23-8-6-12/h1-4,12H,5-8,18H2,(H3,19,20,21,22). The summed E-state index contributed by atoms with van der Waals surface area (Å²) in [4.78, 5) is 8.47. The lowest BCUT2D eigenvalue weighted by Crippen LogP contribution is -2.29. The van der Waals surface area contributed by atoms with Crippen LogP contribution >= 0.6 is 0 Å². The molecule has 5 N–H and O–H groups in total. The van der Waals surface area contributed by atoms with E-state index in [4.69, 9.17) is 21.5 Å². The van der Waals surface area contributed by atoms with Gasteiger partial charge in [0.15, 0.2) is 5.82 Å². The van der Waals surface area contributed by atoms with Crippen LogP contribution in [0, 0.1) is 11.3 Å². The lowest BCUT2D eigenvalue weighted by molar-refractivity contribution is 0.0904. The summed E-state index contributed by atoms with van der Waals surface area (Å²) in [5.41, 5.74) is 14.5. The van der Waals surface area contributed by atoms with Crippen LogP contribution in [0.3, 0.4) is 0 Å². The van der Waals surface area contributed by atoms with Crippen LogP contribution in [0.4, 0.5) is 17.5 Å². The molecule has 7 nitrogen and oxygen atoms in total. The van der Waals surface area contributed by atoms with Crippen LogP contribution in [0.15, 0.2) is 24.3 Å². The highest BCUT2D eigenvalue weighted by molar-refractivity contribution is 5.81. The van der Waals surface area contributed by atoms with Crippen LogP contribution in [0.1, 0.15) is 18.4 Å². The number of nitrogens with one attached hydrogen (secondary N) is 1. The van der Waals surface area contributed by atoms with E-state index >= 15 is 0 Å². The molecule has 2 heterocycles. The Balaban J connectivity index is 1.92. The SMILES string of the molecule is N#Cc1ccc(-c2nc(N)nc(NC3CCOCC3)c2N)cc1. The van der Waals surface area contributed by atoms with Crippen molar-refractivity contribution in [2.45, 2.75) is 18.9 Å². The summed E-state index contributed by atoms with van der Waals surface area (Å²) in [6, 6.07) is 9.39. The second-order valence-corrected chi connectivity index (χ2v) is 5.41. The Morgan fingerprint density at radius 1 is 1.13 bits per heavy atom. The summed E-state index contributed by atoms with van der Waals surface area (Å²) in [7, 11) is 0. The lowest BCUT2D eigenvalue weighted by Gasteiger charge is -2.24. The van der Waals surface area contributed by atoms with Gasteiger partial charge in [0.1, 0.15) is 11.4 Å². The van der Waals surface area contributed by atoms with Gasteiger partial charge in [0.2, 0.25) is 5.95 Å². The maximum Gasteiger partial charge on any atom is 0.222 e. The van der Waals surface area contributed by atoms with Gasteiger partial charge in [-0.3, -0.25) is 0 Å². The Hall–Kier alpha value is -2.85. The Bertz CT molecular complexity index is 731. The quantitative estimate of drug-likeness (QED) is 0.789. The Labute approximate surface area is 134 Å². The number of ether oxygens (including phenoxy) is 1. The average Bonchev–Trinajstić information content (AvgIpc) is 2.59. The summed E-state index contributed by atoms with van der Waals surface area (Å²) in [5, 5.41) is 12.2. The van der Waals surface area contributed by atoms with E-state index in [1.807, 2.05) is 0 Å². The molecule has 1 fully saturated rings. The molecule has 0 unspecified atom stereocenters. The number of aromatic nitrogens is 2. The van der Waals surface area contributed by atoms with Gasteiger partial charge < -0.3 is 21.5 Å². The third kappa shape index (κ3) is 3.33. The fourth-order valence-corrected chi connectivity index (χ4v) is 2.55. The molecule has 0 radical (unpaired) electrons. The second-order valence-electron chi connectivity index (χ2n) is 5.41. The zero-order valence-corrected chi connectivity index (χ0v) is 12.6. The molecule has 0 amide bonds. The van der Waals surface area contributed by atoms with Gasteiger partial charge in [0.25, 0.3) is 0 Å². The average molecular weight is 310 g/mol. The van der Waals surface area contributed by atoms with Crippen LogP contribution in [-0.4, -0.2) is 29.2 Å². The van der Waals surface area contributed by atoms with E-state index < -0.39 is 0 Å². The molecule has 0 aliphatic carbocycles. The van der Waals surface area contributed by atoms with E-state index in [2.05, 4.69) is 21.4 Å². The number of anilines is 3. The van der Waals surface area contributed by atoms with Crippen molar-refractivity contribution in [2.24, 2.45) is 0 Å². The summed E-state index contributed by atoms with van der Waals surface area (Å²) in [6.07, 6.45) is 1.80. The first-order valence-electron chi connectivity index (χ1n) is 7.45. The first-order valence-corrected chi connectivity index (χ1v) is 7.45. The molecule has 1 aromatic heterocycles. The highest BCUT2D eigenvalue weighted by Crippen LogP contribution is 2.30. The van der Waals surface area contributed by atoms with Crippen LogP contribution in [0.2, 0.25) is 0 Å². The smallest absolute Gasteiger partial charge is 0.222 e. The zero-order valence-electron chi connectivity index (χ0n) is 12.6. The molecule has 0 bridgehead atoms. The van der Waals surface area contributed by atoms with Gasteiger partial charge >= 0.3 is 0 Å². The maximum atomic E-state index is 8.88. The summed E-state index contributed by atoms with van der Waals surface area (Å²) < 4.78 is 5.35. The van der Waals surface area contributed by atoms with Gasteiger partial charge in [-0.1, -0.05) is 12.1 Å². The third-order valence-corrected chi connectivity index (χ3v) is 3.81. The Morgan fingerprint density at radius 3 is 2.48 bits per heavy atom. The Morgan fingerprint density at radius 2 is 1.83 bits per heavy atom. The normalized spacial score (nSPS) is 15.1. The molecule has 0 spiro atoms. The molecule has 1 saturated heterocycles. The van der Waals surface area contributed by atoms with Crippen molar-refractivity contribution in [3.8, 4) is 17.3 Å². The van der Waals surface area contributed by atoms with Crippen LogP contribution in [0.25, 0.3) is 11.3 Å². The van der Waals surface area contributed by atoms with Gasteiger partial charge in [-0.15, -0.1) is 0 Å². The molecular formula is C16H18N6O. The highest BCUT2D eigenvalue weighted by atomic mass is 16.5. The zero-order chi connectivity index (χ0) is 16.2. The van der Waals surface area contributed by atoms with Gasteiger partial charge in [-0.2, -0.15) is 10.2 Å². The fourth-order valence-electron chi connectivity index (χ4n) is 2.55. The van der Waals surface area contributed by atoms with Crippen molar-refractivity contribution in [2.75, 3.05) is 30.0 Å². The Kier molecular flexibility index (Phi) is 4.26. The number of nitrogens with two attached hydrogens (primary N) is 2. The van der Waals surface area contributed by atoms with Crippen molar-refractivity contribution >= 4 is 17.5 Å². The summed E-state index contributed by atoms with van der Waals surface area (Å²) >= 11 is 0. The topological polar surface area (TPSA) is 123 Å². The van der Waals surface area contributed by atoms with Crippen molar-refractivity contribution in [1.82, 2.24) is 9.97 Å². The van der Waals surface area contributed by atoms with Gasteiger partial charge in [0, 0.05) is 24.8 Å². The number of hydrogen-bond acceptors (Lipinski definition) is 7. The predicted molar refractivity (Wildman–Crippen MR) is 88.5 cm³/mol. The largest absolute Gasteiger partial charge is 0.394 e. The van der Waals surface area contributed by atoms with Crippen LogP contribution < -0.4 is 16.8 Å². The molecule has 7 heteroatoms. The fraction of sp³-hybridized carbons (Fsp3) is 0.312. The molecule has 23 heavy (non-hydrogen) atoms. The minimum absolute atomic E-state index is 0.160. The van der Waals surface area contributed by atoms with Gasteiger partial charge in [-0.25, -0.2) is 4.98 Å². The molecule has 2 aromatic rings. The maximum absolute atomic E-state index is 8.88. The van der Waals surface area contributed by atoms with E-state index in [9.17, 15) is 0 Å². The first-order chi connectivity index (χ1) is 11.2. The molecule has 3 rings (SSSR count). The minimum atomic E-state index is 0.160. The number of nitrogens with zero attached hydrogens (tertiary/aromatic N) is 3. The number of benzene rings is 1. The van der Waals surface area contributed by atoms with Crippen molar-refractivity contribution < 1.29 is 4.74 Å². The van der Waals surface area contributed by atoms with E-state index in [0.717, 1.165) is 31.6 Å². The number of nitrogen functional groups attached to an aromatic ring is 2. The summed E-state index contributed by atoms with van der Waals surface area (Å²) in [5.74, 6) is 0.705. The second kappa shape index (κ2) is 6.50. The highest BCUT2D eigenvalue weighted by Gasteiger charge is 2.18. The minimum Gasteiger partial charge on any atom is -0.394 e. The summed E-state index contributed by atoms with van der Waals surface area (Å²) in [6.45, 7) is 1.45. The van der Waals surface area contributed by atoms with Crippen LogP contribution in [-0.2, 0) is 4.74 Å². The van der Waals surface area contributed by atoms with Crippen molar-refractivity contribution in [1.29, 1.82) is 5.26 Å². The molecular weight excluding hydrogens is 292 g/mol. The molecule has 0 atom stereocenters. The molecule has 1 aromatic carbocycles. The molecule has 0 saturated carbocycles. The molecule has 118 valence electrons. The predicted octanol–water partition coefficient (Wildman–Crippen LogP) is 1.77. The van der Waals surface area contributed by atoms with Crippen molar-refractivity contribution in [3.63, 3.8) is 0 Å². The number of nitriles is 1. The number of hydrogen-bond donors (Lipinski definition) is 3.